The molecule has 0 aromatic heterocycles. The van der Waals surface area contributed by atoms with Gasteiger partial charge >= 0.3 is 0 Å². The number of hydrogen-bond acceptors (Lipinski definition) is 6. The molecule has 180 valence electrons. The van der Waals surface area contributed by atoms with Gasteiger partial charge in [-0.3, -0.25) is 9.69 Å². The van der Waals surface area contributed by atoms with Gasteiger partial charge in [0.2, 0.25) is 5.91 Å². The van der Waals surface area contributed by atoms with Gasteiger partial charge in [0.05, 0.1) is 14.2 Å². The Morgan fingerprint density at radius 2 is 1.91 bits per heavy atom. The van der Waals surface area contributed by atoms with Crippen LogP contribution in [0.4, 0.5) is 0 Å². The summed E-state index contributed by atoms with van der Waals surface area (Å²) in [7, 11) is 5.40. The van der Waals surface area contributed by atoms with Crippen LogP contribution < -0.4 is 19.5 Å². The van der Waals surface area contributed by atoms with Crippen LogP contribution in [-0.2, 0) is 22.5 Å². The zero-order valence-electron chi connectivity index (χ0n) is 20.0. The molecule has 1 heterocycles. The first-order chi connectivity index (χ1) is 16.1. The van der Waals surface area contributed by atoms with Gasteiger partial charge in [0.1, 0.15) is 23.9 Å². The number of carbonyl (C=O) groups excluding carboxylic acids is 1. The molecule has 0 saturated carbocycles. The number of aryl methyl sites for hydroxylation is 1. The predicted octanol–water partition coefficient (Wildman–Crippen LogP) is 3.44. The third kappa shape index (κ3) is 7.94. The normalized spacial score (nSPS) is 14.2. The molecule has 0 spiro atoms. The van der Waals surface area contributed by atoms with Crippen LogP contribution in [0.5, 0.6) is 17.2 Å². The summed E-state index contributed by atoms with van der Waals surface area (Å²) in [4.78, 5) is 14.7. The molecule has 0 unspecified atom stereocenters. The van der Waals surface area contributed by atoms with Gasteiger partial charge in [0.15, 0.2) is 0 Å². The van der Waals surface area contributed by atoms with Gasteiger partial charge in [0, 0.05) is 38.8 Å². The van der Waals surface area contributed by atoms with Crippen LogP contribution in [0.1, 0.15) is 30.4 Å². The van der Waals surface area contributed by atoms with E-state index >= 15 is 0 Å². The van der Waals surface area contributed by atoms with Gasteiger partial charge in [-0.25, -0.2) is 0 Å². The number of likely N-dealkylation sites (N-methyl/N-ethyl adjacent to an activating group) is 1. The van der Waals surface area contributed by atoms with Crippen LogP contribution in [0.15, 0.2) is 42.5 Å². The zero-order valence-corrected chi connectivity index (χ0v) is 20.0. The highest BCUT2D eigenvalue weighted by atomic mass is 16.5. The van der Waals surface area contributed by atoms with E-state index in [0.717, 1.165) is 61.0 Å². The summed E-state index contributed by atoms with van der Waals surface area (Å²) in [6.45, 7) is 3.66. The van der Waals surface area contributed by atoms with Crippen molar-refractivity contribution >= 4 is 5.91 Å². The fourth-order valence-electron chi connectivity index (χ4n) is 3.98. The van der Waals surface area contributed by atoms with E-state index in [-0.39, 0.29) is 5.91 Å². The van der Waals surface area contributed by atoms with Crippen LogP contribution in [0.3, 0.4) is 0 Å². The monoisotopic (exact) mass is 456 g/mol. The van der Waals surface area contributed by atoms with E-state index in [1.807, 2.05) is 42.5 Å². The fourth-order valence-corrected chi connectivity index (χ4v) is 3.98. The van der Waals surface area contributed by atoms with E-state index < -0.39 is 0 Å². The van der Waals surface area contributed by atoms with E-state index in [0.29, 0.717) is 32.0 Å². The van der Waals surface area contributed by atoms with Crippen LogP contribution in [-0.4, -0.2) is 64.5 Å². The summed E-state index contributed by atoms with van der Waals surface area (Å²) >= 11 is 0. The fraction of sp³-hybridized carbons (Fsp3) is 0.500. The Balaban J connectivity index is 1.41. The summed E-state index contributed by atoms with van der Waals surface area (Å²) < 4.78 is 22.1. The van der Waals surface area contributed by atoms with Crippen molar-refractivity contribution < 1.29 is 23.7 Å². The number of nitrogens with one attached hydrogen (secondary N) is 1. The molecular formula is C26H36N2O5. The molecular weight excluding hydrogens is 420 g/mol. The quantitative estimate of drug-likeness (QED) is 0.528. The summed E-state index contributed by atoms with van der Waals surface area (Å²) in [5.41, 5.74) is 1.96. The third-order valence-electron chi connectivity index (χ3n) is 6.02. The van der Waals surface area contributed by atoms with Crippen molar-refractivity contribution in [2.75, 3.05) is 47.6 Å². The topological polar surface area (TPSA) is 69.3 Å². The third-order valence-corrected chi connectivity index (χ3v) is 6.02. The van der Waals surface area contributed by atoms with Gasteiger partial charge in [-0.2, -0.15) is 0 Å². The first-order valence-corrected chi connectivity index (χ1v) is 11.6. The molecule has 1 amide bonds. The summed E-state index contributed by atoms with van der Waals surface area (Å²) in [5.74, 6) is 2.32. The molecule has 0 bridgehead atoms. The lowest BCUT2D eigenvalue weighted by Gasteiger charge is -2.31. The Labute approximate surface area is 197 Å². The predicted molar refractivity (Wildman–Crippen MR) is 128 cm³/mol. The number of carbonyl (C=O) groups is 1. The molecule has 1 saturated heterocycles. The lowest BCUT2D eigenvalue weighted by atomic mass is 10.1. The molecule has 3 rings (SSSR count). The van der Waals surface area contributed by atoms with Gasteiger partial charge in [0.25, 0.3) is 0 Å². The summed E-state index contributed by atoms with van der Waals surface area (Å²) in [6.07, 6.45) is 3.11. The van der Waals surface area contributed by atoms with Gasteiger partial charge in [-0.05, 0) is 67.8 Å². The number of ether oxygens (including phenoxy) is 4. The van der Waals surface area contributed by atoms with E-state index in [2.05, 4.69) is 17.3 Å². The van der Waals surface area contributed by atoms with Gasteiger partial charge in [-0.1, -0.05) is 12.1 Å². The van der Waals surface area contributed by atoms with E-state index in [9.17, 15) is 4.79 Å². The van der Waals surface area contributed by atoms with Crippen LogP contribution in [0, 0.1) is 0 Å². The Morgan fingerprint density at radius 3 is 2.67 bits per heavy atom. The molecule has 0 radical (unpaired) electrons. The smallest absolute Gasteiger partial charge is 0.220 e. The highest BCUT2D eigenvalue weighted by molar-refractivity contribution is 5.76. The van der Waals surface area contributed by atoms with Crippen molar-refractivity contribution in [1.82, 2.24) is 10.2 Å². The molecule has 1 N–H and O–H groups in total. The second kappa shape index (κ2) is 13.1. The Hall–Kier alpha value is -2.77. The zero-order chi connectivity index (χ0) is 23.5. The minimum Gasteiger partial charge on any atom is -0.497 e. The van der Waals surface area contributed by atoms with Crippen molar-refractivity contribution in [1.29, 1.82) is 0 Å². The van der Waals surface area contributed by atoms with Crippen LogP contribution in [0.2, 0.25) is 0 Å². The molecule has 33 heavy (non-hydrogen) atoms. The first-order valence-electron chi connectivity index (χ1n) is 11.6. The number of amides is 1. The standard InChI is InChI=1S/C26H36N2O5/c1-28(22-11-14-32-15-12-22)13-16-33-24-6-4-5-20(17-24)19-27-26(29)10-7-21-18-23(30-2)8-9-25(21)31-3/h4-6,8-9,17-18,22H,7,10-16,19H2,1-3H3,(H,27,29). The molecule has 1 fully saturated rings. The molecule has 0 aliphatic carbocycles. The second-order valence-corrected chi connectivity index (χ2v) is 8.27. The molecule has 1 aliphatic heterocycles. The number of rotatable bonds is 12. The summed E-state index contributed by atoms with van der Waals surface area (Å²) in [6, 6.07) is 14.1. The average Bonchev–Trinajstić information content (AvgIpc) is 2.86. The number of benzene rings is 2. The Kier molecular flexibility index (Phi) is 9.84. The Morgan fingerprint density at radius 1 is 1.09 bits per heavy atom. The average molecular weight is 457 g/mol. The largest absolute Gasteiger partial charge is 0.497 e. The van der Waals surface area contributed by atoms with Crippen molar-refractivity contribution in [2.45, 2.75) is 38.3 Å². The van der Waals surface area contributed by atoms with Crippen molar-refractivity contribution in [3.8, 4) is 17.2 Å². The maximum Gasteiger partial charge on any atom is 0.220 e. The maximum absolute atomic E-state index is 12.4. The molecule has 2 aromatic rings. The minimum atomic E-state index is -0.00993. The van der Waals surface area contributed by atoms with Gasteiger partial charge in [-0.15, -0.1) is 0 Å². The van der Waals surface area contributed by atoms with Crippen molar-refractivity contribution in [3.05, 3.63) is 53.6 Å². The van der Waals surface area contributed by atoms with E-state index in [4.69, 9.17) is 18.9 Å². The maximum atomic E-state index is 12.4. The summed E-state index contributed by atoms with van der Waals surface area (Å²) in [5, 5.41) is 2.99. The highest BCUT2D eigenvalue weighted by Gasteiger charge is 2.18. The van der Waals surface area contributed by atoms with Gasteiger partial charge < -0.3 is 24.3 Å². The van der Waals surface area contributed by atoms with E-state index in [1.54, 1.807) is 14.2 Å². The molecule has 0 atom stereocenters. The van der Waals surface area contributed by atoms with E-state index in [1.165, 1.54) is 0 Å². The first kappa shape index (κ1) is 24.9. The van der Waals surface area contributed by atoms with Crippen LogP contribution in [0.25, 0.3) is 0 Å². The van der Waals surface area contributed by atoms with Crippen molar-refractivity contribution in [3.63, 3.8) is 0 Å². The van der Waals surface area contributed by atoms with Crippen molar-refractivity contribution in [2.24, 2.45) is 0 Å². The molecule has 7 heteroatoms. The second-order valence-electron chi connectivity index (χ2n) is 8.27. The number of hydrogen-bond donors (Lipinski definition) is 1. The molecule has 1 aliphatic rings. The number of methoxy groups -OCH3 is 2. The SMILES string of the molecule is COc1ccc(OC)c(CCC(=O)NCc2cccc(OCCN(C)C3CCOCC3)c2)c1. The number of nitrogens with zero attached hydrogens (tertiary/aromatic N) is 1. The minimum absolute atomic E-state index is 0.00993. The lowest BCUT2D eigenvalue weighted by molar-refractivity contribution is -0.121. The molecule has 2 aromatic carbocycles. The Bertz CT molecular complexity index is 883. The van der Waals surface area contributed by atoms with Crippen LogP contribution >= 0.6 is 0 Å². The highest BCUT2D eigenvalue weighted by Crippen LogP contribution is 2.25. The lowest BCUT2D eigenvalue weighted by Crippen LogP contribution is -2.38. The molecule has 7 nitrogen and oxygen atoms in total.